The van der Waals surface area contributed by atoms with Crippen molar-refractivity contribution in [3.63, 3.8) is 0 Å². The maximum atomic E-state index is 13.0. The van der Waals surface area contributed by atoms with Gasteiger partial charge in [0.15, 0.2) is 5.69 Å². The number of amides is 1. The summed E-state index contributed by atoms with van der Waals surface area (Å²) in [5.41, 5.74) is 1.22. The molecule has 1 aliphatic rings. The van der Waals surface area contributed by atoms with E-state index in [1.807, 2.05) is 48.5 Å². The van der Waals surface area contributed by atoms with E-state index >= 15 is 0 Å². The van der Waals surface area contributed by atoms with E-state index in [9.17, 15) is 9.59 Å². The highest BCUT2D eigenvalue weighted by Gasteiger charge is 2.20. The molecule has 8 nitrogen and oxygen atoms in total. The summed E-state index contributed by atoms with van der Waals surface area (Å²) in [5, 5.41) is 17.3. The highest BCUT2D eigenvalue weighted by molar-refractivity contribution is 7.99. The van der Waals surface area contributed by atoms with Crippen LogP contribution >= 0.6 is 11.8 Å². The number of carbonyl (C=O) groups excluding carboxylic acids is 1. The van der Waals surface area contributed by atoms with Gasteiger partial charge < -0.3 is 9.73 Å². The molecule has 0 aliphatic heterocycles. The molecular formula is C24H23N5O3S. The average molecular weight is 462 g/mol. The summed E-state index contributed by atoms with van der Waals surface area (Å²) in [5.74, 6) is 0.387. The zero-order chi connectivity index (χ0) is 22.6. The van der Waals surface area contributed by atoms with Crippen molar-refractivity contribution in [1.29, 1.82) is 0 Å². The van der Waals surface area contributed by atoms with Crippen LogP contribution in [0, 0.1) is 0 Å². The number of nitrogens with zero attached hydrogens (tertiary/aromatic N) is 4. The van der Waals surface area contributed by atoms with E-state index in [4.69, 9.17) is 4.42 Å². The van der Waals surface area contributed by atoms with Gasteiger partial charge in [-0.2, -0.15) is 5.10 Å². The first kappa shape index (κ1) is 21.4. The molecule has 0 radical (unpaired) electrons. The molecule has 1 fully saturated rings. The lowest BCUT2D eigenvalue weighted by molar-refractivity contribution is -0.119. The fourth-order valence-corrected chi connectivity index (χ4v) is 4.66. The minimum Gasteiger partial charge on any atom is -0.409 e. The molecule has 9 heteroatoms. The maximum Gasteiger partial charge on any atom is 0.277 e. The van der Waals surface area contributed by atoms with Gasteiger partial charge in [-0.3, -0.25) is 9.59 Å². The van der Waals surface area contributed by atoms with Crippen LogP contribution in [0.5, 0.6) is 0 Å². The number of benzene rings is 2. The van der Waals surface area contributed by atoms with Gasteiger partial charge in [0.2, 0.25) is 5.91 Å². The Morgan fingerprint density at radius 2 is 1.76 bits per heavy atom. The first-order chi connectivity index (χ1) is 16.2. The summed E-state index contributed by atoms with van der Waals surface area (Å²) in [6, 6.07) is 17.2. The third kappa shape index (κ3) is 4.83. The van der Waals surface area contributed by atoms with E-state index in [1.54, 1.807) is 6.07 Å². The van der Waals surface area contributed by atoms with Crippen LogP contribution in [0.4, 0.5) is 0 Å². The van der Waals surface area contributed by atoms with Crippen molar-refractivity contribution in [2.75, 3.05) is 5.75 Å². The highest BCUT2D eigenvalue weighted by atomic mass is 32.2. The molecule has 168 valence electrons. The highest BCUT2D eigenvalue weighted by Crippen LogP contribution is 2.27. The van der Waals surface area contributed by atoms with Gasteiger partial charge in [-0.1, -0.05) is 73.1 Å². The van der Waals surface area contributed by atoms with Gasteiger partial charge in [-0.25, -0.2) is 4.68 Å². The fourth-order valence-electron chi connectivity index (χ4n) is 4.09. The molecular weight excluding hydrogens is 438 g/mol. The Hall–Kier alpha value is -3.46. The second-order valence-corrected chi connectivity index (χ2v) is 8.98. The molecule has 5 rings (SSSR count). The van der Waals surface area contributed by atoms with E-state index in [0.29, 0.717) is 28.2 Å². The Balaban J connectivity index is 1.40. The lowest BCUT2D eigenvalue weighted by Gasteiger charge is -2.10. The number of hydrogen-bond donors (Lipinski definition) is 1. The molecule has 0 atom stereocenters. The largest absolute Gasteiger partial charge is 0.409 e. The van der Waals surface area contributed by atoms with Crippen molar-refractivity contribution in [3.8, 4) is 11.6 Å². The van der Waals surface area contributed by atoms with Gasteiger partial charge in [-0.15, -0.1) is 10.2 Å². The molecule has 4 aromatic rings. The standard InChI is InChI=1S/C24H23N5O3S/c30-20(25-17-10-4-5-11-17)15-33-24-27-26-22(32-24)21-18-12-6-7-13-19(18)23(31)29(28-21)14-16-8-2-1-3-9-16/h1-3,6-9,12-13,17H,4-5,10-11,14-15H2,(H,25,30). The minimum absolute atomic E-state index is 0.0355. The van der Waals surface area contributed by atoms with Crippen LogP contribution in [0.3, 0.4) is 0 Å². The number of hydrogen-bond acceptors (Lipinski definition) is 7. The Kier molecular flexibility index (Phi) is 6.21. The average Bonchev–Trinajstić information content (AvgIpc) is 3.53. The first-order valence-electron chi connectivity index (χ1n) is 11.0. The van der Waals surface area contributed by atoms with E-state index in [2.05, 4.69) is 20.6 Å². The van der Waals surface area contributed by atoms with Crippen molar-refractivity contribution >= 4 is 28.4 Å². The van der Waals surface area contributed by atoms with E-state index in [1.165, 1.54) is 29.3 Å². The van der Waals surface area contributed by atoms with Crippen LogP contribution in [0.1, 0.15) is 31.2 Å². The van der Waals surface area contributed by atoms with Crippen LogP contribution in [-0.4, -0.2) is 37.7 Å². The van der Waals surface area contributed by atoms with Crippen LogP contribution < -0.4 is 10.9 Å². The van der Waals surface area contributed by atoms with E-state index in [-0.39, 0.29) is 29.2 Å². The van der Waals surface area contributed by atoms with E-state index < -0.39 is 0 Å². The Morgan fingerprint density at radius 1 is 1.03 bits per heavy atom. The second-order valence-electron chi connectivity index (χ2n) is 8.05. The number of fused-ring (bicyclic) bond motifs is 1. The van der Waals surface area contributed by atoms with Crippen LogP contribution in [0.2, 0.25) is 0 Å². The van der Waals surface area contributed by atoms with Crippen molar-refractivity contribution < 1.29 is 9.21 Å². The number of nitrogens with one attached hydrogen (secondary N) is 1. The normalized spacial score (nSPS) is 14.1. The quantitative estimate of drug-likeness (QED) is 0.419. The molecule has 0 saturated heterocycles. The summed E-state index contributed by atoms with van der Waals surface area (Å²) in [6.07, 6.45) is 4.41. The molecule has 1 N–H and O–H groups in total. The molecule has 1 saturated carbocycles. The number of carbonyl (C=O) groups is 1. The Morgan fingerprint density at radius 3 is 2.55 bits per heavy atom. The van der Waals surface area contributed by atoms with Gasteiger partial charge in [0.1, 0.15) is 0 Å². The molecule has 33 heavy (non-hydrogen) atoms. The van der Waals surface area contributed by atoms with Crippen molar-refractivity contribution in [2.24, 2.45) is 0 Å². The van der Waals surface area contributed by atoms with Crippen molar-refractivity contribution in [2.45, 2.75) is 43.5 Å². The molecule has 2 aromatic carbocycles. The second kappa shape index (κ2) is 9.58. The third-order valence-electron chi connectivity index (χ3n) is 5.70. The molecule has 0 spiro atoms. The zero-order valence-corrected chi connectivity index (χ0v) is 18.8. The van der Waals surface area contributed by atoms with Gasteiger partial charge in [0.25, 0.3) is 16.7 Å². The Labute approximate surface area is 194 Å². The van der Waals surface area contributed by atoms with Crippen LogP contribution in [0.25, 0.3) is 22.4 Å². The monoisotopic (exact) mass is 461 g/mol. The van der Waals surface area contributed by atoms with Gasteiger partial charge in [0.05, 0.1) is 17.7 Å². The van der Waals surface area contributed by atoms with Crippen molar-refractivity contribution in [3.05, 3.63) is 70.5 Å². The van der Waals surface area contributed by atoms with Gasteiger partial charge in [-0.05, 0) is 24.5 Å². The lowest BCUT2D eigenvalue weighted by Crippen LogP contribution is -2.33. The molecule has 2 aromatic heterocycles. The van der Waals surface area contributed by atoms with Gasteiger partial charge >= 0.3 is 0 Å². The lowest BCUT2D eigenvalue weighted by atomic mass is 10.1. The summed E-state index contributed by atoms with van der Waals surface area (Å²) in [7, 11) is 0. The SMILES string of the molecule is O=C(CSc1nnc(-c2nn(Cc3ccccc3)c(=O)c3ccccc23)o1)NC1CCCC1. The molecule has 1 aliphatic carbocycles. The molecule has 0 unspecified atom stereocenters. The summed E-state index contributed by atoms with van der Waals surface area (Å²) in [4.78, 5) is 25.2. The first-order valence-corrected chi connectivity index (χ1v) is 12.0. The van der Waals surface area contributed by atoms with E-state index in [0.717, 1.165) is 18.4 Å². The Bertz CT molecular complexity index is 1330. The molecule has 0 bridgehead atoms. The molecule has 1 amide bonds. The molecule has 2 heterocycles. The maximum absolute atomic E-state index is 13.0. The van der Waals surface area contributed by atoms with Crippen molar-refractivity contribution in [1.82, 2.24) is 25.3 Å². The predicted octanol–water partition coefficient (Wildman–Crippen LogP) is 3.65. The van der Waals surface area contributed by atoms with Crippen LogP contribution in [-0.2, 0) is 11.3 Å². The topological polar surface area (TPSA) is 103 Å². The number of rotatable bonds is 7. The van der Waals surface area contributed by atoms with Gasteiger partial charge in [0, 0.05) is 11.4 Å². The smallest absolute Gasteiger partial charge is 0.277 e. The summed E-state index contributed by atoms with van der Waals surface area (Å²) >= 11 is 1.19. The number of thioether (sulfide) groups is 1. The third-order valence-corrected chi connectivity index (χ3v) is 6.52. The van der Waals surface area contributed by atoms with Crippen LogP contribution in [0.15, 0.2) is 69.0 Å². The fraction of sp³-hybridized carbons (Fsp3) is 0.292. The zero-order valence-electron chi connectivity index (χ0n) is 17.9. The predicted molar refractivity (Wildman–Crippen MR) is 126 cm³/mol. The summed E-state index contributed by atoms with van der Waals surface area (Å²) < 4.78 is 7.24. The number of aromatic nitrogens is 4. The minimum atomic E-state index is -0.184. The summed E-state index contributed by atoms with van der Waals surface area (Å²) in [6.45, 7) is 0.328.